The molecule has 0 heterocycles. The fourth-order valence-electron chi connectivity index (χ4n) is 2.80. The van der Waals surface area contributed by atoms with Crippen molar-refractivity contribution in [3.05, 3.63) is 95.6 Å². The van der Waals surface area contributed by atoms with Crippen LogP contribution in [0.25, 0.3) is 0 Å². The van der Waals surface area contributed by atoms with Gasteiger partial charge in [0.25, 0.3) is 0 Å². The molecule has 0 bridgehead atoms. The van der Waals surface area contributed by atoms with Crippen LogP contribution in [0.5, 0.6) is 11.5 Å². The summed E-state index contributed by atoms with van der Waals surface area (Å²) in [6.45, 7) is 0.346. The topological polar surface area (TPSA) is 61.8 Å². The Labute approximate surface area is 169 Å². The average Bonchev–Trinajstić information content (AvgIpc) is 2.77. The Bertz CT molecular complexity index is 949. The first kappa shape index (κ1) is 20.1. The highest BCUT2D eigenvalue weighted by Crippen LogP contribution is 2.21. The van der Waals surface area contributed by atoms with Crippen molar-refractivity contribution in [2.24, 2.45) is 0 Å². The molecular weight excluding hydrogens is 368 g/mol. The Kier molecular flexibility index (Phi) is 7.00. The van der Waals surface area contributed by atoms with E-state index in [4.69, 9.17) is 14.2 Å². The molecule has 3 rings (SSSR count). The van der Waals surface area contributed by atoms with E-state index in [9.17, 15) is 9.59 Å². The lowest BCUT2D eigenvalue weighted by molar-refractivity contribution is 0.0500. The second kappa shape index (κ2) is 10.1. The lowest BCUT2D eigenvalue weighted by atomic mass is 10.1. The van der Waals surface area contributed by atoms with Crippen molar-refractivity contribution in [2.45, 2.75) is 12.8 Å². The molecule has 0 saturated carbocycles. The number of para-hydroxylation sites is 1. The molecule has 0 aliphatic heterocycles. The van der Waals surface area contributed by atoms with Gasteiger partial charge in [0, 0.05) is 0 Å². The van der Waals surface area contributed by atoms with E-state index in [2.05, 4.69) is 0 Å². The summed E-state index contributed by atoms with van der Waals surface area (Å²) in [5, 5.41) is 0. The number of hydrogen-bond donors (Lipinski definition) is 0. The lowest BCUT2D eigenvalue weighted by Crippen LogP contribution is -2.10. The number of carbonyl (C=O) groups is 2. The number of hydrogen-bond acceptors (Lipinski definition) is 5. The Morgan fingerprint density at radius 2 is 1.48 bits per heavy atom. The molecule has 0 N–H and O–H groups in total. The van der Waals surface area contributed by atoms with Crippen LogP contribution < -0.4 is 9.47 Å². The van der Waals surface area contributed by atoms with E-state index in [1.165, 1.54) is 12.7 Å². The van der Waals surface area contributed by atoms with Gasteiger partial charge in [-0.1, -0.05) is 42.5 Å². The summed E-state index contributed by atoms with van der Waals surface area (Å²) in [6.07, 6.45) is 1.61. The second-order valence-corrected chi connectivity index (χ2v) is 6.34. The molecule has 0 radical (unpaired) electrons. The SMILES string of the molecule is COc1ccccc1C(=O)Oc1ccc(C(=O)OCCCc2ccccc2)cc1. The van der Waals surface area contributed by atoms with Crippen molar-refractivity contribution in [3.63, 3.8) is 0 Å². The molecule has 29 heavy (non-hydrogen) atoms. The van der Waals surface area contributed by atoms with Crippen LogP contribution in [0.3, 0.4) is 0 Å². The zero-order valence-corrected chi connectivity index (χ0v) is 16.2. The summed E-state index contributed by atoms with van der Waals surface area (Å²) >= 11 is 0. The van der Waals surface area contributed by atoms with Gasteiger partial charge in [-0.3, -0.25) is 0 Å². The van der Waals surface area contributed by atoms with Gasteiger partial charge in [0.1, 0.15) is 17.1 Å². The third kappa shape index (κ3) is 5.69. The fraction of sp³-hybridized carbons (Fsp3) is 0.167. The van der Waals surface area contributed by atoms with E-state index >= 15 is 0 Å². The van der Waals surface area contributed by atoms with E-state index < -0.39 is 11.9 Å². The van der Waals surface area contributed by atoms with Gasteiger partial charge in [-0.05, 0) is 54.8 Å². The normalized spacial score (nSPS) is 10.2. The number of carbonyl (C=O) groups excluding carboxylic acids is 2. The second-order valence-electron chi connectivity index (χ2n) is 6.34. The fourth-order valence-corrected chi connectivity index (χ4v) is 2.80. The summed E-state index contributed by atoms with van der Waals surface area (Å²) in [5.41, 5.74) is 1.95. The maximum Gasteiger partial charge on any atom is 0.347 e. The standard InChI is InChI=1S/C24H22O5/c1-27-22-12-6-5-11-21(22)24(26)29-20-15-13-19(14-16-20)23(25)28-17-7-10-18-8-3-2-4-9-18/h2-6,8-9,11-16H,7,10,17H2,1H3. The van der Waals surface area contributed by atoms with Crippen molar-refractivity contribution in [1.29, 1.82) is 0 Å². The molecule has 0 atom stereocenters. The number of benzene rings is 3. The van der Waals surface area contributed by atoms with Crippen molar-refractivity contribution < 1.29 is 23.8 Å². The van der Waals surface area contributed by atoms with Crippen LogP contribution in [-0.2, 0) is 11.2 Å². The van der Waals surface area contributed by atoms with Crippen LogP contribution in [-0.4, -0.2) is 25.7 Å². The zero-order chi connectivity index (χ0) is 20.5. The first-order valence-corrected chi connectivity index (χ1v) is 9.33. The minimum absolute atomic E-state index is 0.330. The van der Waals surface area contributed by atoms with Gasteiger partial charge >= 0.3 is 11.9 Å². The Balaban J connectivity index is 1.50. The minimum atomic E-state index is -0.529. The van der Waals surface area contributed by atoms with Gasteiger partial charge in [-0.15, -0.1) is 0 Å². The molecular formula is C24H22O5. The third-order valence-corrected chi connectivity index (χ3v) is 4.31. The summed E-state index contributed by atoms with van der Waals surface area (Å²) in [7, 11) is 1.49. The number of esters is 2. The molecule has 0 fully saturated rings. The largest absolute Gasteiger partial charge is 0.496 e. The van der Waals surface area contributed by atoms with Gasteiger partial charge in [0.2, 0.25) is 0 Å². The summed E-state index contributed by atoms with van der Waals surface area (Å²) in [5.74, 6) is -0.158. The molecule has 0 aromatic heterocycles. The van der Waals surface area contributed by atoms with Crippen molar-refractivity contribution in [2.75, 3.05) is 13.7 Å². The van der Waals surface area contributed by atoms with E-state index in [1.807, 2.05) is 30.3 Å². The van der Waals surface area contributed by atoms with Crippen LogP contribution in [0.1, 0.15) is 32.7 Å². The van der Waals surface area contributed by atoms with Crippen LogP contribution in [0.2, 0.25) is 0 Å². The smallest absolute Gasteiger partial charge is 0.347 e. The molecule has 3 aromatic rings. The summed E-state index contributed by atoms with van der Waals surface area (Å²) < 4.78 is 15.8. The molecule has 5 nitrogen and oxygen atoms in total. The van der Waals surface area contributed by atoms with Crippen molar-refractivity contribution in [3.8, 4) is 11.5 Å². The first-order chi connectivity index (χ1) is 14.2. The van der Waals surface area contributed by atoms with E-state index in [-0.39, 0.29) is 0 Å². The van der Waals surface area contributed by atoms with Crippen LogP contribution in [0.4, 0.5) is 0 Å². The molecule has 148 valence electrons. The predicted molar refractivity (Wildman–Crippen MR) is 109 cm³/mol. The molecule has 3 aromatic carbocycles. The third-order valence-electron chi connectivity index (χ3n) is 4.31. The lowest BCUT2D eigenvalue weighted by Gasteiger charge is -2.09. The highest BCUT2D eigenvalue weighted by molar-refractivity contribution is 5.94. The molecule has 0 spiro atoms. The number of methoxy groups -OCH3 is 1. The summed E-state index contributed by atoms with van der Waals surface area (Å²) in [6, 6.07) is 23.1. The van der Waals surface area contributed by atoms with Crippen molar-refractivity contribution in [1.82, 2.24) is 0 Å². The molecule has 0 aliphatic carbocycles. The van der Waals surface area contributed by atoms with Crippen LogP contribution in [0, 0.1) is 0 Å². The molecule has 0 amide bonds. The Hall–Kier alpha value is -3.60. The van der Waals surface area contributed by atoms with E-state index in [1.54, 1.807) is 48.5 Å². The Morgan fingerprint density at radius 1 is 0.793 bits per heavy atom. The summed E-state index contributed by atoms with van der Waals surface area (Å²) in [4.78, 5) is 24.5. The molecule has 0 saturated heterocycles. The van der Waals surface area contributed by atoms with Gasteiger partial charge < -0.3 is 14.2 Å². The zero-order valence-electron chi connectivity index (χ0n) is 16.2. The maximum absolute atomic E-state index is 12.3. The number of aryl methyl sites for hydroxylation is 1. The highest BCUT2D eigenvalue weighted by Gasteiger charge is 2.14. The quantitative estimate of drug-likeness (QED) is 0.317. The van der Waals surface area contributed by atoms with E-state index in [0.29, 0.717) is 29.2 Å². The van der Waals surface area contributed by atoms with Crippen molar-refractivity contribution >= 4 is 11.9 Å². The van der Waals surface area contributed by atoms with Crippen LogP contribution >= 0.6 is 0 Å². The van der Waals surface area contributed by atoms with E-state index in [0.717, 1.165) is 12.8 Å². The van der Waals surface area contributed by atoms with Crippen LogP contribution in [0.15, 0.2) is 78.9 Å². The molecule has 0 unspecified atom stereocenters. The Morgan fingerprint density at radius 3 is 2.21 bits per heavy atom. The number of rotatable bonds is 8. The molecule has 0 aliphatic rings. The highest BCUT2D eigenvalue weighted by atomic mass is 16.5. The molecule has 5 heteroatoms. The van der Waals surface area contributed by atoms with Gasteiger partial charge in [-0.25, -0.2) is 9.59 Å². The maximum atomic E-state index is 12.3. The number of ether oxygens (including phenoxy) is 3. The first-order valence-electron chi connectivity index (χ1n) is 9.33. The monoisotopic (exact) mass is 390 g/mol. The van der Waals surface area contributed by atoms with Gasteiger partial charge in [0.15, 0.2) is 0 Å². The average molecular weight is 390 g/mol. The van der Waals surface area contributed by atoms with Gasteiger partial charge in [0.05, 0.1) is 19.3 Å². The van der Waals surface area contributed by atoms with Gasteiger partial charge in [-0.2, -0.15) is 0 Å². The minimum Gasteiger partial charge on any atom is -0.496 e. The predicted octanol–water partition coefficient (Wildman–Crippen LogP) is 4.70.